The van der Waals surface area contributed by atoms with Crippen LogP contribution in [0.25, 0.3) is 0 Å². The van der Waals surface area contributed by atoms with Crippen LogP contribution in [0.1, 0.15) is 32.6 Å². The van der Waals surface area contributed by atoms with E-state index in [1.807, 2.05) is 0 Å². The predicted octanol–water partition coefficient (Wildman–Crippen LogP) is 1.18. The summed E-state index contributed by atoms with van der Waals surface area (Å²) in [5.41, 5.74) is 0. The van der Waals surface area contributed by atoms with Crippen molar-refractivity contribution in [2.45, 2.75) is 49.4 Å². The van der Waals surface area contributed by atoms with E-state index in [0.717, 1.165) is 6.54 Å². The highest BCUT2D eigenvalue weighted by molar-refractivity contribution is 7.81. The van der Waals surface area contributed by atoms with Gasteiger partial charge in [0.05, 0.1) is 0 Å². The van der Waals surface area contributed by atoms with Gasteiger partial charge in [-0.2, -0.15) is 12.6 Å². The minimum atomic E-state index is 0.219. The number of thiol groups is 1. The van der Waals surface area contributed by atoms with E-state index in [1.165, 1.54) is 32.2 Å². The van der Waals surface area contributed by atoms with Crippen molar-refractivity contribution in [2.75, 3.05) is 13.1 Å². The van der Waals surface area contributed by atoms with E-state index in [9.17, 15) is 0 Å². The molecule has 3 atom stereocenters. The molecule has 0 bridgehead atoms. The molecule has 0 aromatic heterocycles. The first kappa shape index (κ1) is 9.81. The summed E-state index contributed by atoms with van der Waals surface area (Å²) in [5, 5.41) is 7.23. The van der Waals surface area contributed by atoms with E-state index in [4.69, 9.17) is 12.6 Å². The lowest BCUT2D eigenvalue weighted by molar-refractivity contribution is 0.301. The molecule has 2 saturated heterocycles. The zero-order valence-electron chi connectivity index (χ0n) is 8.34. The Labute approximate surface area is 86.3 Å². The Hall–Kier alpha value is 0.270. The molecule has 2 fully saturated rings. The van der Waals surface area contributed by atoms with Crippen molar-refractivity contribution in [3.05, 3.63) is 0 Å². The predicted molar refractivity (Wildman–Crippen MR) is 59.4 cm³/mol. The fourth-order valence-electron chi connectivity index (χ4n) is 2.51. The molecule has 0 amide bonds. The van der Waals surface area contributed by atoms with Gasteiger partial charge in [-0.05, 0) is 38.8 Å². The Kier molecular flexibility index (Phi) is 2.86. The molecule has 2 N–H and O–H groups in total. The number of nitrogens with one attached hydrogen (secondary N) is 2. The fourth-order valence-corrected chi connectivity index (χ4v) is 2.82. The lowest BCUT2D eigenvalue weighted by Gasteiger charge is -2.34. The second-order valence-electron chi connectivity index (χ2n) is 4.71. The van der Waals surface area contributed by atoms with E-state index >= 15 is 0 Å². The number of rotatable bonds is 0. The number of hydrogen-bond donors (Lipinski definition) is 3. The zero-order chi connectivity index (χ0) is 9.31. The van der Waals surface area contributed by atoms with E-state index in [1.54, 1.807) is 0 Å². The summed E-state index contributed by atoms with van der Waals surface area (Å²) in [4.78, 5) is 0. The van der Waals surface area contributed by atoms with Gasteiger partial charge in [0.25, 0.3) is 0 Å². The SMILES string of the molecule is CC1(S)CCNC2CCCNC2C1. The zero-order valence-corrected chi connectivity index (χ0v) is 9.24. The van der Waals surface area contributed by atoms with Gasteiger partial charge in [-0.3, -0.25) is 0 Å². The van der Waals surface area contributed by atoms with Crippen LogP contribution in [-0.4, -0.2) is 29.9 Å². The van der Waals surface area contributed by atoms with Gasteiger partial charge in [0, 0.05) is 16.8 Å². The second-order valence-corrected chi connectivity index (χ2v) is 5.79. The van der Waals surface area contributed by atoms with Crippen molar-refractivity contribution >= 4 is 12.6 Å². The van der Waals surface area contributed by atoms with Crippen molar-refractivity contribution in [3.63, 3.8) is 0 Å². The second kappa shape index (κ2) is 3.79. The maximum absolute atomic E-state index is 4.72. The highest BCUT2D eigenvalue weighted by atomic mass is 32.1. The van der Waals surface area contributed by atoms with Gasteiger partial charge in [0.1, 0.15) is 0 Å². The third-order valence-corrected chi connectivity index (χ3v) is 3.72. The van der Waals surface area contributed by atoms with Gasteiger partial charge >= 0.3 is 0 Å². The Morgan fingerprint density at radius 3 is 2.85 bits per heavy atom. The highest BCUT2D eigenvalue weighted by Crippen LogP contribution is 2.29. The minimum absolute atomic E-state index is 0.219. The normalized spacial score (nSPS) is 46.6. The Morgan fingerprint density at radius 1 is 1.23 bits per heavy atom. The van der Waals surface area contributed by atoms with Crippen LogP contribution in [0.3, 0.4) is 0 Å². The first-order valence-electron chi connectivity index (χ1n) is 5.37. The molecule has 0 spiro atoms. The lowest BCUT2D eigenvalue weighted by Crippen LogP contribution is -2.51. The Balaban J connectivity index is 2.03. The van der Waals surface area contributed by atoms with Crippen LogP contribution in [0.15, 0.2) is 0 Å². The van der Waals surface area contributed by atoms with Crippen LogP contribution in [0, 0.1) is 0 Å². The third-order valence-electron chi connectivity index (χ3n) is 3.31. The molecule has 2 rings (SSSR count). The fraction of sp³-hybridized carbons (Fsp3) is 1.00. The maximum atomic E-state index is 4.72. The van der Waals surface area contributed by atoms with E-state index in [0.29, 0.717) is 12.1 Å². The van der Waals surface area contributed by atoms with Gasteiger partial charge < -0.3 is 10.6 Å². The van der Waals surface area contributed by atoms with Crippen LogP contribution >= 0.6 is 12.6 Å². The number of piperidine rings is 1. The molecule has 2 nitrogen and oxygen atoms in total. The molecule has 0 aliphatic carbocycles. The summed E-state index contributed by atoms with van der Waals surface area (Å²) < 4.78 is 0.219. The first-order chi connectivity index (χ1) is 6.17. The molecular weight excluding hydrogens is 180 g/mol. The molecule has 2 aliphatic rings. The summed E-state index contributed by atoms with van der Waals surface area (Å²) in [6.07, 6.45) is 5.04. The summed E-state index contributed by atoms with van der Waals surface area (Å²) >= 11 is 4.72. The average molecular weight is 200 g/mol. The van der Waals surface area contributed by atoms with Crippen LogP contribution in [0.5, 0.6) is 0 Å². The summed E-state index contributed by atoms with van der Waals surface area (Å²) in [6, 6.07) is 1.35. The van der Waals surface area contributed by atoms with Crippen LogP contribution in [-0.2, 0) is 0 Å². The maximum Gasteiger partial charge on any atom is 0.0234 e. The van der Waals surface area contributed by atoms with Crippen molar-refractivity contribution in [1.82, 2.24) is 10.6 Å². The summed E-state index contributed by atoms with van der Waals surface area (Å²) in [7, 11) is 0. The molecule has 3 heteroatoms. The number of fused-ring (bicyclic) bond motifs is 1. The van der Waals surface area contributed by atoms with E-state index < -0.39 is 0 Å². The van der Waals surface area contributed by atoms with Gasteiger partial charge in [-0.1, -0.05) is 6.92 Å². The van der Waals surface area contributed by atoms with E-state index in [2.05, 4.69) is 17.6 Å². The van der Waals surface area contributed by atoms with Gasteiger partial charge in [0.15, 0.2) is 0 Å². The highest BCUT2D eigenvalue weighted by Gasteiger charge is 2.33. The molecule has 2 heterocycles. The monoisotopic (exact) mass is 200 g/mol. The number of hydrogen-bond acceptors (Lipinski definition) is 3. The quantitative estimate of drug-likeness (QED) is 0.512. The minimum Gasteiger partial charge on any atom is -0.312 e. The van der Waals surface area contributed by atoms with Crippen molar-refractivity contribution < 1.29 is 0 Å². The summed E-state index contributed by atoms with van der Waals surface area (Å²) in [6.45, 7) is 4.58. The van der Waals surface area contributed by atoms with Crippen LogP contribution in [0.2, 0.25) is 0 Å². The largest absolute Gasteiger partial charge is 0.312 e. The molecule has 0 aromatic carbocycles. The molecule has 2 aliphatic heterocycles. The topological polar surface area (TPSA) is 24.1 Å². The molecule has 13 heavy (non-hydrogen) atoms. The molecule has 76 valence electrons. The average Bonchev–Trinajstić information content (AvgIpc) is 2.21. The van der Waals surface area contributed by atoms with Gasteiger partial charge in [-0.15, -0.1) is 0 Å². The Morgan fingerprint density at radius 2 is 2.00 bits per heavy atom. The van der Waals surface area contributed by atoms with Crippen molar-refractivity contribution in [3.8, 4) is 0 Å². The van der Waals surface area contributed by atoms with Crippen molar-refractivity contribution in [1.29, 1.82) is 0 Å². The molecular formula is C10H20N2S. The molecule has 3 unspecified atom stereocenters. The molecule has 0 aromatic rings. The van der Waals surface area contributed by atoms with Crippen LogP contribution in [0.4, 0.5) is 0 Å². The van der Waals surface area contributed by atoms with Gasteiger partial charge in [0.2, 0.25) is 0 Å². The standard InChI is InChI=1S/C10H20N2S/c1-10(13)4-6-12-8-3-2-5-11-9(8)7-10/h8-9,11-13H,2-7H2,1H3. The molecule has 0 radical (unpaired) electrons. The summed E-state index contributed by atoms with van der Waals surface area (Å²) in [5.74, 6) is 0. The third kappa shape index (κ3) is 2.39. The van der Waals surface area contributed by atoms with E-state index in [-0.39, 0.29) is 4.75 Å². The Bertz CT molecular complexity index is 182. The van der Waals surface area contributed by atoms with Crippen LogP contribution < -0.4 is 10.6 Å². The van der Waals surface area contributed by atoms with Crippen molar-refractivity contribution in [2.24, 2.45) is 0 Å². The lowest BCUT2D eigenvalue weighted by atomic mass is 9.91. The smallest absolute Gasteiger partial charge is 0.0234 e. The van der Waals surface area contributed by atoms with Gasteiger partial charge in [-0.25, -0.2) is 0 Å². The molecule has 0 saturated carbocycles. The first-order valence-corrected chi connectivity index (χ1v) is 5.81.